The molecule has 146 valence electrons. The molecule has 1 atom stereocenters. The van der Waals surface area contributed by atoms with Gasteiger partial charge < -0.3 is 0 Å². The minimum Gasteiger partial charge on any atom is -0.295 e. The van der Waals surface area contributed by atoms with E-state index in [9.17, 15) is 14.4 Å². The van der Waals surface area contributed by atoms with Crippen LogP contribution >= 0.6 is 0 Å². The number of hydrogen-bond donors (Lipinski definition) is 0. The molecule has 0 radical (unpaired) electrons. The van der Waals surface area contributed by atoms with Gasteiger partial charge in [0.2, 0.25) is 11.9 Å². The average Bonchev–Trinajstić information content (AvgIpc) is 2.95. The first-order valence-corrected chi connectivity index (χ1v) is 9.22. The number of hydrogen-bond acceptors (Lipinski definition) is 6. The Kier molecular flexibility index (Phi) is 4.65. The van der Waals surface area contributed by atoms with Crippen molar-refractivity contribution < 1.29 is 19.0 Å². The van der Waals surface area contributed by atoms with Crippen LogP contribution in [0.1, 0.15) is 41.0 Å². The summed E-state index contributed by atoms with van der Waals surface area (Å²) in [4.78, 5) is 45.3. The fourth-order valence-electron chi connectivity index (χ4n) is 3.31. The highest BCUT2D eigenvalue weighted by atomic mass is 16.2. The number of aliphatic imine (C=N–C) groups is 1. The summed E-state index contributed by atoms with van der Waals surface area (Å²) in [6.07, 6.45) is 0.688. The number of rotatable bonds is 4. The molecular formula is C18H27N6O3+. The highest BCUT2D eigenvalue weighted by Gasteiger charge is 2.54. The van der Waals surface area contributed by atoms with E-state index >= 15 is 0 Å². The molecule has 0 aromatic carbocycles. The van der Waals surface area contributed by atoms with Gasteiger partial charge in [0.1, 0.15) is 6.54 Å². The highest BCUT2D eigenvalue weighted by Crippen LogP contribution is 2.24. The Bertz CT molecular complexity index is 804. The van der Waals surface area contributed by atoms with E-state index in [2.05, 4.69) is 10.1 Å². The molecule has 3 heterocycles. The van der Waals surface area contributed by atoms with E-state index in [1.54, 1.807) is 12.1 Å². The monoisotopic (exact) mass is 375 g/mol. The molecule has 0 saturated carbocycles. The average molecular weight is 375 g/mol. The Morgan fingerprint density at radius 1 is 1.30 bits per heavy atom. The number of guanidine groups is 1. The molecule has 0 N–H and O–H groups in total. The number of urea groups is 1. The van der Waals surface area contributed by atoms with E-state index in [0.29, 0.717) is 31.3 Å². The van der Waals surface area contributed by atoms with Crippen molar-refractivity contribution in [3.63, 3.8) is 0 Å². The van der Waals surface area contributed by atoms with Gasteiger partial charge in [0.25, 0.3) is 5.91 Å². The molecule has 3 aliphatic rings. The predicted molar refractivity (Wildman–Crippen MR) is 101 cm³/mol. The van der Waals surface area contributed by atoms with Crippen LogP contribution in [0.5, 0.6) is 0 Å². The molecule has 0 aliphatic carbocycles. The van der Waals surface area contributed by atoms with Gasteiger partial charge in [0, 0.05) is 19.0 Å². The number of fused-ring (bicyclic) bond motifs is 2. The summed E-state index contributed by atoms with van der Waals surface area (Å²) < 4.78 is 1.83. The summed E-state index contributed by atoms with van der Waals surface area (Å²) in [6, 6.07) is -1.03. The quantitative estimate of drug-likeness (QED) is 0.678. The van der Waals surface area contributed by atoms with Crippen LogP contribution in [0.25, 0.3) is 0 Å². The van der Waals surface area contributed by atoms with Crippen LogP contribution in [0.4, 0.5) is 4.79 Å². The summed E-state index contributed by atoms with van der Waals surface area (Å²) in [5.74, 6) is 0.590. The van der Waals surface area contributed by atoms with Crippen LogP contribution in [-0.2, 0) is 9.59 Å². The van der Waals surface area contributed by atoms with Crippen molar-refractivity contribution in [1.82, 2.24) is 14.8 Å². The van der Waals surface area contributed by atoms with Crippen molar-refractivity contribution in [2.75, 3.05) is 26.7 Å². The second-order valence-electron chi connectivity index (χ2n) is 8.20. The van der Waals surface area contributed by atoms with E-state index < -0.39 is 11.5 Å². The molecule has 9 nitrogen and oxygen atoms in total. The van der Waals surface area contributed by atoms with E-state index in [1.165, 1.54) is 9.80 Å². The summed E-state index contributed by atoms with van der Waals surface area (Å²) in [6.45, 7) is 10.2. The van der Waals surface area contributed by atoms with Crippen LogP contribution in [-0.4, -0.2) is 87.3 Å². The molecule has 3 aliphatic heterocycles. The zero-order valence-electron chi connectivity index (χ0n) is 16.8. The van der Waals surface area contributed by atoms with Crippen molar-refractivity contribution >= 4 is 35.2 Å². The van der Waals surface area contributed by atoms with Crippen molar-refractivity contribution in [3.05, 3.63) is 0 Å². The molecule has 1 unspecified atom stereocenters. The molecule has 0 aromatic heterocycles. The number of hydrazone groups is 1. The topological polar surface area (TPSA) is 88.7 Å². The van der Waals surface area contributed by atoms with Crippen molar-refractivity contribution in [1.29, 1.82) is 0 Å². The smallest absolute Gasteiger partial charge is 0.295 e. The highest BCUT2D eigenvalue weighted by molar-refractivity contribution is 6.23. The van der Waals surface area contributed by atoms with Crippen molar-refractivity contribution in [3.8, 4) is 0 Å². The molecule has 3 amide bonds. The molecule has 1 fully saturated rings. The van der Waals surface area contributed by atoms with Crippen LogP contribution in [0.3, 0.4) is 0 Å². The number of Topliss-reactive ketones (excluding diaryl/α,β-unsaturated/α-hetero) is 1. The van der Waals surface area contributed by atoms with Crippen LogP contribution < -0.4 is 0 Å². The second-order valence-corrected chi connectivity index (χ2v) is 8.20. The lowest BCUT2D eigenvalue weighted by atomic mass is 9.91. The maximum Gasteiger partial charge on any atom is 0.417 e. The summed E-state index contributed by atoms with van der Waals surface area (Å²) in [5, 5.41) is 6.02. The number of nitrogens with zero attached hydrogens (tertiary/aromatic N) is 6. The van der Waals surface area contributed by atoms with E-state index in [0.717, 1.165) is 5.71 Å². The Morgan fingerprint density at radius 3 is 2.56 bits per heavy atom. The van der Waals surface area contributed by atoms with Gasteiger partial charge in [-0.3, -0.25) is 19.4 Å². The molecule has 0 bridgehead atoms. The third-order valence-corrected chi connectivity index (χ3v) is 4.89. The van der Waals surface area contributed by atoms with Crippen molar-refractivity contribution in [2.24, 2.45) is 15.5 Å². The summed E-state index contributed by atoms with van der Waals surface area (Å²) in [7, 11) is 1.63. The first-order chi connectivity index (χ1) is 12.6. The Hall–Kier alpha value is -2.58. The SMILES string of the molecule is CCCN1C(=O)C2C(=NC3=[N+]2CC(C)=NN3CC(=O)C(C)(C)C)N(C)C1=O. The third-order valence-electron chi connectivity index (χ3n) is 4.89. The van der Waals surface area contributed by atoms with Gasteiger partial charge in [-0.1, -0.05) is 32.7 Å². The lowest BCUT2D eigenvalue weighted by Crippen LogP contribution is -2.63. The van der Waals surface area contributed by atoms with Gasteiger partial charge in [0.05, 0.1) is 5.71 Å². The van der Waals surface area contributed by atoms with Gasteiger partial charge in [-0.05, 0) is 13.3 Å². The summed E-state index contributed by atoms with van der Waals surface area (Å²) in [5.41, 5.74) is 0.275. The molecule has 0 aromatic rings. The van der Waals surface area contributed by atoms with Crippen LogP contribution in [0, 0.1) is 5.41 Å². The predicted octanol–water partition coefficient (Wildman–Crippen LogP) is 0.746. The fraction of sp³-hybridized carbons (Fsp3) is 0.667. The number of carbonyl (C=O) groups excluding carboxylic acids is 3. The minimum absolute atomic E-state index is 0.0202. The third kappa shape index (κ3) is 3.15. The maximum absolute atomic E-state index is 13.0. The maximum atomic E-state index is 13.0. The molecule has 27 heavy (non-hydrogen) atoms. The van der Waals surface area contributed by atoms with E-state index in [-0.39, 0.29) is 24.3 Å². The zero-order valence-corrected chi connectivity index (χ0v) is 16.8. The lowest BCUT2D eigenvalue weighted by Gasteiger charge is -2.34. The lowest BCUT2D eigenvalue weighted by molar-refractivity contribution is -0.527. The number of likely N-dealkylation sites (N-methyl/N-ethyl adjacent to an activating group) is 1. The standard InChI is InChI=1S/C18H27N6O3/c1-7-8-22-15(26)13-14(21(6)17(22)27)19-16-23(13)9-11(2)20-24(16)10-12(25)18(3,4)5/h13H,7-10H2,1-6H3/q+1. The van der Waals surface area contributed by atoms with Crippen molar-refractivity contribution in [2.45, 2.75) is 47.1 Å². The number of amides is 3. The van der Waals surface area contributed by atoms with Crippen LogP contribution in [0.15, 0.2) is 10.1 Å². The minimum atomic E-state index is -0.660. The molecule has 3 rings (SSSR count). The van der Waals surface area contributed by atoms with E-state index in [1.807, 2.05) is 39.2 Å². The van der Waals surface area contributed by atoms with Gasteiger partial charge >= 0.3 is 12.0 Å². The number of carbonyl (C=O) groups is 3. The second kappa shape index (κ2) is 6.54. The van der Waals surface area contributed by atoms with Gasteiger partial charge in [-0.2, -0.15) is 0 Å². The normalized spacial score (nSPS) is 22.7. The number of imide groups is 1. The van der Waals surface area contributed by atoms with Gasteiger partial charge in [-0.25, -0.2) is 9.37 Å². The van der Waals surface area contributed by atoms with E-state index in [4.69, 9.17) is 0 Å². The van der Waals surface area contributed by atoms with Crippen LogP contribution in [0.2, 0.25) is 0 Å². The fourth-order valence-corrected chi connectivity index (χ4v) is 3.31. The van der Waals surface area contributed by atoms with Gasteiger partial charge in [-0.15, -0.1) is 10.1 Å². The Balaban J connectivity index is 1.98. The number of ketones is 1. The molecule has 1 saturated heterocycles. The van der Waals surface area contributed by atoms with Gasteiger partial charge in [0.15, 0.2) is 12.3 Å². The Labute approximate surface area is 159 Å². The Morgan fingerprint density at radius 2 is 1.96 bits per heavy atom. The first-order valence-electron chi connectivity index (χ1n) is 9.22. The summed E-state index contributed by atoms with van der Waals surface area (Å²) >= 11 is 0. The number of amidine groups is 1. The molecule has 0 spiro atoms. The molecule has 9 heteroatoms. The largest absolute Gasteiger partial charge is 0.417 e. The first kappa shape index (κ1) is 19.2. The molecular weight excluding hydrogens is 348 g/mol. The zero-order chi connectivity index (χ0) is 20.1.